The lowest BCUT2D eigenvalue weighted by atomic mass is 10.2. The van der Waals surface area contributed by atoms with Crippen molar-refractivity contribution in [3.05, 3.63) is 39.8 Å². The molecular formula is C10H7ClN2O2. The molecule has 4 nitrogen and oxygen atoms in total. The molecule has 0 saturated heterocycles. The molecule has 0 fully saturated rings. The van der Waals surface area contributed by atoms with Crippen LogP contribution in [0.5, 0.6) is 0 Å². The Bertz CT molecular complexity index is 604. The van der Waals surface area contributed by atoms with Gasteiger partial charge in [-0.15, -0.1) is 5.10 Å². The number of benzene rings is 1. The van der Waals surface area contributed by atoms with Gasteiger partial charge < -0.3 is 0 Å². The van der Waals surface area contributed by atoms with Gasteiger partial charge in [0.15, 0.2) is 5.15 Å². The van der Waals surface area contributed by atoms with Crippen molar-refractivity contribution in [2.45, 2.75) is 6.92 Å². The fourth-order valence-electron chi connectivity index (χ4n) is 1.36. The highest BCUT2D eigenvalue weighted by Gasteiger charge is 2.10. The van der Waals surface area contributed by atoms with Crippen LogP contribution in [0.2, 0.25) is 5.15 Å². The first-order chi connectivity index (χ1) is 7.11. The van der Waals surface area contributed by atoms with Crippen LogP contribution in [0, 0.1) is 0 Å². The molecule has 0 spiro atoms. The minimum atomic E-state index is -0.451. The van der Waals surface area contributed by atoms with Gasteiger partial charge in [-0.2, -0.15) is 4.68 Å². The molecular weight excluding hydrogens is 216 g/mol. The van der Waals surface area contributed by atoms with Gasteiger partial charge in [0.2, 0.25) is 5.91 Å². The Balaban J connectivity index is 2.97. The molecule has 0 aliphatic heterocycles. The first kappa shape index (κ1) is 9.86. The molecule has 0 unspecified atom stereocenters. The molecule has 0 aliphatic rings. The standard InChI is InChI=1S/C10H7ClN2O2/c1-6(14)13-10(15)8-5-3-2-4-7(8)9(11)12-13/h2-5H,1H3. The fourth-order valence-corrected chi connectivity index (χ4v) is 1.60. The lowest BCUT2D eigenvalue weighted by Gasteiger charge is -2.03. The highest BCUT2D eigenvalue weighted by Crippen LogP contribution is 2.16. The topological polar surface area (TPSA) is 52.0 Å². The Kier molecular flexibility index (Phi) is 2.28. The highest BCUT2D eigenvalue weighted by molar-refractivity contribution is 6.34. The SMILES string of the molecule is CC(=O)n1nc(Cl)c2ccccc2c1=O. The zero-order valence-electron chi connectivity index (χ0n) is 7.90. The van der Waals surface area contributed by atoms with Gasteiger partial charge in [-0.25, -0.2) is 0 Å². The summed E-state index contributed by atoms with van der Waals surface area (Å²) in [5, 5.41) is 4.83. The molecule has 0 radical (unpaired) electrons. The highest BCUT2D eigenvalue weighted by atomic mass is 35.5. The van der Waals surface area contributed by atoms with Gasteiger partial charge in [0.25, 0.3) is 5.56 Å². The van der Waals surface area contributed by atoms with E-state index < -0.39 is 11.5 Å². The summed E-state index contributed by atoms with van der Waals surface area (Å²) in [7, 11) is 0. The Morgan fingerprint density at radius 1 is 1.33 bits per heavy atom. The third-order valence-corrected chi connectivity index (χ3v) is 2.34. The van der Waals surface area contributed by atoms with Gasteiger partial charge in [-0.05, 0) is 6.07 Å². The van der Waals surface area contributed by atoms with Crippen molar-refractivity contribution in [2.75, 3.05) is 0 Å². The maximum atomic E-state index is 11.7. The van der Waals surface area contributed by atoms with E-state index in [2.05, 4.69) is 5.10 Å². The van der Waals surface area contributed by atoms with Gasteiger partial charge in [-0.3, -0.25) is 9.59 Å². The van der Waals surface area contributed by atoms with E-state index in [0.717, 1.165) is 4.68 Å². The van der Waals surface area contributed by atoms with Crippen molar-refractivity contribution in [1.82, 2.24) is 9.78 Å². The van der Waals surface area contributed by atoms with E-state index in [1.165, 1.54) is 6.92 Å². The second-order valence-corrected chi connectivity index (χ2v) is 3.43. The fraction of sp³-hybridized carbons (Fsp3) is 0.100. The van der Waals surface area contributed by atoms with Gasteiger partial charge >= 0.3 is 0 Å². The first-order valence-electron chi connectivity index (χ1n) is 4.30. The quantitative estimate of drug-likeness (QED) is 0.682. The molecule has 2 rings (SSSR count). The number of carbonyl (C=O) groups excluding carboxylic acids is 1. The summed E-state index contributed by atoms with van der Waals surface area (Å²) in [6, 6.07) is 6.78. The summed E-state index contributed by atoms with van der Waals surface area (Å²) in [6.07, 6.45) is 0. The second-order valence-electron chi connectivity index (χ2n) is 3.07. The van der Waals surface area contributed by atoms with Crippen molar-refractivity contribution in [2.24, 2.45) is 0 Å². The van der Waals surface area contributed by atoms with Crippen molar-refractivity contribution < 1.29 is 4.79 Å². The minimum Gasteiger partial charge on any atom is -0.273 e. The van der Waals surface area contributed by atoms with Crippen molar-refractivity contribution in [3.8, 4) is 0 Å². The van der Waals surface area contributed by atoms with E-state index in [1.807, 2.05) is 0 Å². The average molecular weight is 223 g/mol. The molecule has 1 heterocycles. The third kappa shape index (κ3) is 1.53. The van der Waals surface area contributed by atoms with Gasteiger partial charge in [0.1, 0.15) is 0 Å². The number of aromatic nitrogens is 2. The number of halogens is 1. The van der Waals surface area contributed by atoms with Crippen molar-refractivity contribution >= 4 is 28.3 Å². The lowest BCUT2D eigenvalue weighted by Crippen LogP contribution is -2.27. The number of nitrogens with zero attached hydrogens (tertiary/aromatic N) is 2. The molecule has 0 atom stereocenters. The van der Waals surface area contributed by atoms with Crippen molar-refractivity contribution in [1.29, 1.82) is 0 Å². The Labute approximate surface area is 90.1 Å². The molecule has 2 aromatic rings. The minimum absolute atomic E-state index is 0.153. The largest absolute Gasteiger partial charge is 0.281 e. The second kappa shape index (κ2) is 3.47. The Morgan fingerprint density at radius 3 is 2.53 bits per heavy atom. The molecule has 15 heavy (non-hydrogen) atoms. The smallest absolute Gasteiger partial charge is 0.273 e. The van der Waals surface area contributed by atoms with E-state index in [0.29, 0.717) is 10.8 Å². The summed E-state index contributed by atoms with van der Waals surface area (Å²) in [6.45, 7) is 1.26. The zero-order valence-corrected chi connectivity index (χ0v) is 8.65. The van der Waals surface area contributed by atoms with Crippen LogP contribution in [0.1, 0.15) is 11.7 Å². The maximum Gasteiger partial charge on any atom is 0.281 e. The van der Waals surface area contributed by atoms with Crippen LogP contribution in [-0.2, 0) is 0 Å². The average Bonchev–Trinajstić information content (AvgIpc) is 2.23. The van der Waals surface area contributed by atoms with Gasteiger partial charge in [0.05, 0.1) is 5.39 Å². The normalized spacial score (nSPS) is 10.5. The van der Waals surface area contributed by atoms with Crippen LogP contribution in [0.4, 0.5) is 0 Å². The number of hydrogen-bond donors (Lipinski definition) is 0. The molecule has 0 saturated carbocycles. The maximum absolute atomic E-state index is 11.7. The summed E-state index contributed by atoms with van der Waals surface area (Å²) < 4.78 is 0.769. The number of hydrogen-bond acceptors (Lipinski definition) is 3. The van der Waals surface area contributed by atoms with E-state index in [-0.39, 0.29) is 5.15 Å². The first-order valence-corrected chi connectivity index (χ1v) is 4.67. The molecule has 0 aliphatic carbocycles. The molecule has 76 valence electrons. The van der Waals surface area contributed by atoms with Gasteiger partial charge in [-0.1, -0.05) is 29.8 Å². The summed E-state index contributed by atoms with van der Waals surface area (Å²) >= 11 is 5.86. The Morgan fingerprint density at radius 2 is 1.93 bits per heavy atom. The molecule has 0 bridgehead atoms. The predicted octanol–water partition coefficient (Wildman–Crippen LogP) is 1.71. The summed E-state index contributed by atoms with van der Waals surface area (Å²) in [5.74, 6) is -0.451. The van der Waals surface area contributed by atoms with Crippen molar-refractivity contribution in [3.63, 3.8) is 0 Å². The van der Waals surface area contributed by atoms with E-state index in [9.17, 15) is 9.59 Å². The molecule has 1 aromatic heterocycles. The molecule has 0 amide bonds. The molecule has 1 aromatic carbocycles. The third-order valence-electron chi connectivity index (χ3n) is 2.06. The van der Waals surface area contributed by atoms with Crippen LogP contribution in [0.15, 0.2) is 29.1 Å². The van der Waals surface area contributed by atoms with Crippen LogP contribution in [-0.4, -0.2) is 15.7 Å². The van der Waals surface area contributed by atoms with E-state index in [4.69, 9.17) is 11.6 Å². The van der Waals surface area contributed by atoms with Crippen LogP contribution in [0.3, 0.4) is 0 Å². The van der Waals surface area contributed by atoms with Gasteiger partial charge in [0, 0.05) is 12.3 Å². The predicted molar refractivity (Wildman–Crippen MR) is 57.3 cm³/mol. The lowest BCUT2D eigenvalue weighted by molar-refractivity contribution is 0.0915. The van der Waals surface area contributed by atoms with E-state index in [1.54, 1.807) is 24.3 Å². The molecule has 5 heteroatoms. The summed E-state index contributed by atoms with van der Waals surface area (Å²) in [5.41, 5.74) is -0.442. The van der Waals surface area contributed by atoms with Crippen LogP contribution >= 0.6 is 11.6 Å². The summed E-state index contributed by atoms with van der Waals surface area (Å²) in [4.78, 5) is 22.8. The van der Waals surface area contributed by atoms with E-state index >= 15 is 0 Å². The molecule has 0 N–H and O–H groups in total. The monoisotopic (exact) mass is 222 g/mol. The number of rotatable bonds is 0. The Hall–Kier alpha value is -1.68. The zero-order chi connectivity index (χ0) is 11.0. The van der Waals surface area contributed by atoms with Crippen LogP contribution in [0.25, 0.3) is 10.8 Å². The number of carbonyl (C=O) groups is 1. The van der Waals surface area contributed by atoms with Crippen LogP contribution < -0.4 is 5.56 Å². The number of fused-ring (bicyclic) bond motifs is 1.